The highest BCUT2D eigenvalue weighted by atomic mass is 15.0. The quantitative estimate of drug-likeness (QED) is 0.766. The number of hydrogen-bond acceptors (Lipinski definition) is 3. The van der Waals surface area contributed by atoms with Crippen molar-refractivity contribution in [1.82, 2.24) is 20.3 Å². The Morgan fingerprint density at radius 3 is 2.75 bits per heavy atom. The molecule has 0 spiro atoms. The summed E-state index contributed by atoms with van der Waals surface area (Å²) >= 11 is 0. The Bertz CT molecular complexity index is 758. The number of aryl methyl sites for hydroxylation is 2. The first-order chi connectivity index (χ1) is 9.69. The van der Waals surface area contributed by atoms with E-state index in [0.717, 1.165) is 28.4 Å². The van der Waals surface area contributed by atoms with Gasteiger partial charge in [-0.05, 0) is 33.0 Å². The van der Waals surface area contributed by atoms with Crippen LogP contribution in [0.3, 0.4) is 0 Å². The monoisotopic (exact) mass is 266 g/mol. The molecule has 0 aliphatic carbocycles. The van der Waals surface area contributed by atoms with Gasteiger partial charge < -0.3 is 10.3 Å². The van der Waals surface area contributed by atoms with Crippen LogP contribution in [0.1, 0.15) is 17.2 Å². The summed E-state index contributed by atoms with van der Waals surface area (Å²) in [6.45, 7) is 4.77. The molecule has 2 N–H and O–H groups in total. The van der Waals surface area contributed by atoms with Crippen molar-refractivity contribution in [3.8, 4) is 11.3 Å². The van der Waals surface area contributed by atoms with E-state index in [0.29, 0.717) is 6.54 Å². The first-order valence-corrected chi connectivity index (χ1v) is 6.76. The van der Waals surface area contributed by atoms with Crippen LogP contribution >= 0.6 is 0 Å². The van der Waals surface area contributed by atoms with Gasteiger partial charge in [0.05, 0.1) is 12.2 Å². The van der Waals surface area contributed by atoms with E-state index in [9.17, 15) is 0 Å². The fourth-order valence-electron chi connectivity index (χ4n) is 2.60. The minimum Gasteiger partial charge on any atom is -0.358 e. The average molecular weight is 266 g/mol. The number of fused-ring (bicyclic) bond motifs is 1. The first-order valence-electron chi connectivity index (χ1n) is 6.76. The second-order valence-electron chi connectivity index (χ2n) is 5.01. The second-order valence-corrected chi connectivity index (χ2v) is 5.01. The Kier molecular flexibility index (Phi) is 3.24. The molecule has 0 fully saturated rings. The normalized spacial score (nSPS) is 11.2. The third-order valence-corrected chi connectivity index (χ3v) is 3.39. The zero-order valence-electron chi connectivity index (χ0n) is 12.0. The number of hydrogen-bond donors (Lipinski definition) is 2. The van der Waals surface area contributed by atoms with Gasteiger partial charge in [-0.2, -0.15) is 0 Å². The molecule has 0 bridgehead atoms. The highest BCUT2D eigenvalue weighted by Gasteiger charge is 2.13. The zero-order chi connectivity index (χ0) is 14.1. The van der Waals surface area contributed by atoms with Crippen LogP contribution in [0.25, 0.3) is 22.2 Å². The van der Waals surface area contributed by atoms with Crippen molar-refractivity contribution in [3.05, 3.63) is 47.5 Å². The van der Waals surface area contributed by atoms with Crippen LogP contribution in [0.15, 0.2) is 30.3 Å². The van der Waals surface area contributed by atoms with Crippen LogP contribution in [-0.4, -0.2) is 22.0 Å². The Morgan fingerprint density at radius 1 is 1.15 bits per heavy atom. The predicted octanol–water partition coefficient (Wildman–Crippen LogP) is 2.96. The van der Waals surface area contributed by atoms with E-state index in [4.69, 9.17) is 0 Å². The smallest absolute Gasteiger partial charge is 0.143 e. The highest BCUT2D eigenvalue weighted by Crippen LogP contribution is 2.30. The van der Waals surface area contributed by atoms with Crippen LogP contribution < -0.4 is 5.32 Å². The summed E-state index contributed by atoms with van der Waals surface area (Å²) < 4.78 is 0. The lowest BCUT2D eigenvalue weighted by Gasteiger charge is -2.06. The molecule has 3 aromatic rings. The van der Waals surface area contributed by atoms with Crippen molar-refractivity contribution in [2.24, 2.45) is 0 Å². The molecule has 0 radical (unpaired) electrons. The number of para-hydroxylation sites is 1. The van der Waals surface area contributed by atoms with Gasteiger partial charge in [0.15, 0.2) is 0 Å². The SMILES string of the molecule is CNCc1nc(C)cc(-c2c(C)[nH]c3ccccc23)n1. The van der Waals surface area contributed by atoms with Gasteiger partial charge in [-0.25, -0.2) is 9.97 Å². The molecule has 1 aromatic carbocycles. The van der Waals surface area contributed by atoms with Gasteiger partial charge in [0.1, 0.15) is 5.82 Å². The molecule has 102 valence electrons. The summed E-state index contributed by atoms with van der Waals surface area (Å²) in [6.07, 6.45) is 0. The number of nitrogens with zero attached hydrogens (tertiary/aromatic N) is 2. The Balaban J connectivity index is 2.22. The zero-order valence-corrected chi connectivity index (χ0v) is 12.0. The van der Waals surface area contributed by atoms with E-state index in [1.807, 2.05) is 26.1 Å². The number of nitrogens with one attached hydrogen (secondary N) is 2. The molecule has 20 heavy (non-hydrogen) atoms. The van der Waals surface area contributed by atoms with Crippen LogP contribution in [0, 0.1) is 13.8 Å². The van der Waals surface area contributed by atoms with Crippen LogP contribution in [0.5, 0.6) is 0 Å². The number of aromatic nitrogens is 3. The third-order valence-electron chi connectivity index (χ3n) is 3.39. The average Bonchev–Trinajstić information content (AvgIpc) is 2.74. The molecule has 3 rings (SSSR count). The van der Waals surface area contributed by atoms with Crippen LogP contribution in [-0.2, 0) is 6.54 Å². The van der Waals surface area contributed by atoms with Crippen molar-refractivity contribution in [3.63, 3.8) is 0 Å². The summed E-state index contributed by atoms with van der Waals surface area (Å²) in [6, 6.07) is 10.4. The van der Waals surface area contributed by atoms with E-state index in [2.05, 4.69) is 45.4 Å². The van der Waals surface area contributed by atoms with E-state index in [1.165, 1.54) is 10.9 Å². The van der Waals surface area contributed by atoms with E-state index < -0.39 is 0 Å². The van der Waals surface area contributed by atoms with Gasteiger partial charge in [0.2, 0.25) is 0 Å². The van der Waals surface area contributed by atoms with Crippen molar-refractivity contribution in [1.29, 1.82) is 0 Å². The van der Waals surface area contributed by atoms with Gasteiger partial charge in [-0.1, -0.05) is 18.2 Å². The molecule has 0 saturated carbocycles. The van der Waals surface area contributed by atoms with Gasteiger partial charge in [0.25, 0.3) is 0 Å². The Hall–Kier alpha value is -2.20. The molecule has 4 heteroatoms. The summed E-state index contributed by atoms with van der Waals surface area (Å²) in [7, 11) is 1.91. The number of benzene rings is 1. The highest BCUT2D eigenvalue weighted by molar-refractivity contribution is 5.96. The maximum absolute atomic E-state index is 4.68. The number of aromatic amines is 1. The third kappa shape index (κ3) is 2.18. The molecule has 2 heterocycles. The van der Waals surface area contributed by atoms with Crippen LogP contribution in [0.4, 0.5) is 0 Å². The van der Waals surface area contributed by atoms with Crippen molar-refractivity contribution >= 4 is 10.9 Å². The summed E-state index contributed by atoms with van der Waals surface area (Å²) in [5, 5.41) is 4.31. The molecule has 4 nitrogen and oxygen atoms in total. The molecule has 0 saturated heterocycles. The molecular weight excluding hydrogens is 248 g/mol. The lowest BCUT2D eigenvalue weighted by Crippen LogP contribution is -2.10. The van der Waals surface area contributed by atoms with Crippen molar-refractivity contribution in [2.45, 2.75) is 20.4 Å². The standard InChI is InChI=1S/C16H18N4/c1-10-8-14(20-15(18-10)9-17-3)16-11(2)19-13-7-5-4-6-12(13)16/h4-8,17,19H,9H2,1-3H3. The minimum absolute atomic E-state index is 0.677. The summed E-state index contributed by atoms with van der Waals surface area (Å²) in [5.41, 5.74) is 5.43. The Morgan fingerprint density at radius 2 is 1.95 bits per heavy atom. The van der Waals surface area contributed by atoms with E-state index in [-0.39, 0.29) is 0 Å². The number of rotatable bonds is 3. The van der Waals surface area contributed by atoms with Crippen molar-refractivity contribution < 1.29 is 0 Å². The fourth-order valence-corrected chi connectivity index (χ4v) is 2.60. The van der Waals surface area contributed by atoms with Gasteiger partial charge in [-0.15, -0.1) is 0 Å². The second kappa shape index (κ2) is 5.06. The van der Waals surface area contributed by atoms with Crippen molar-refractivity contribution in [2.75, 3.05) is 7.05 Å². The lowest BCUT2D eigenvalue weighted by atomic mass is 10.1. The number of H-pyrrole nitrogens is 1. The fraction of sp³-hybridized carbons (Fsp3) is 0.250. The minimum atomic E-state index is 0.677. The first kappa shape index (κ1) is 12.8. The Labute approximate surface area is 118 Å². The van der Waals surface area contributed by atoms with Crippen LogP contribution in [0.2, 0.25) is 0 Å². The van der Waals surface area contributed by atoms with E-state index in [1.54, 1.807) is 0 Å². The molecule has 2 aromatic heterocycles. The molecular formula is C16H18N4. The topological polar surface area (TPSA) is 53.6 Å². The van der Waals surface area contributed by atoms with Gasteiger partial charge >= 0.3 is 0 Å². The van der Waals surface area contributed by atoms with Gasteiger partial charge in [0, 0.05) is 27.9 Å². The predicted molar refractivity (Wildman–Crippen MR) is 81.6 cm³/mol. The summed E-state index contributed by atoms with van der Waals surface area (Å²) in [4.78, 5) is 12.6. The lowest BCUT2D eigenvalue weighted by molar-refractivity contribution is 0.754. The largest absolute Gasteiger partial charge is 0.358 e. The van der Waals surface area contributed by atoms with E-state index >= 15 is 0 Å². The maximum Gasteiger partial charge on any atom is 0.143 e. The molecule has 0 aliphatic heterocycles. The maximum atomic E-state index is 4.68. The molecule has 0 unspecified atom stereocenters. The summed E-state index contributed by atoms with van der Waals surface area (Å²) in [5.74, 6) is 0.826. The molecule has 0 atom stereocenters. The molecule has 0 amide bonds. The van der Waals surface area contributed by atoms with Gasteiger partial charge in [-0.3, -0.25) is 0 Å². The molecule has 0 aliphatic rings.